The van der Waals surface area contributed by atoms with E-state index in [1.165, 1.54) is 36.3 Å². The number of hydrogen-bond donors (Lipinski definition) is 0. The first-order valence-corrected chi connectivity index (χ1v) is 9.48. The van der Waals surface area contributed by atoms with Crippen LogP contribution in [0, 0.1) is 12.8 Å². The highest BCUT2D eigenvalue weighted by Crippen LogP contribution is 2.33. The highest BCUT2D eigenvalue weighted by Gasteiger charge is 2.30. The quantitative estimate of drug-likeness (QED) is 0.709. The first kappa shape index (κ1) is 18.9. The molecule has 1 aliphatic carbocycles. The SMILES string of the molecule is Cc1nc(-c2ccc(C(F)(F)F)cc2)sc1C(=O)N(C)CC1CCCC1. The van der Waals surface area contributed by atoms with E-state index in [4.69, 9.17) is 0 Å². The molecule has 1 aliphatic rings. The Balaban J connectivity index is 1.76. The third kappa shape index (κ3) is 4.09. The fraction of sp³-hybridized carbons (Fsp3) is 0.474. The van der Waals surface area contributed by atoms with E-state index in [0.717, 1.165) is 31.5 Å². The molecule has 0 N–H and O–H groups in total. The van der Waals surface area contributed by atoms with Gasteiger partial charge in [-0.05, 0) is 37.8 Å². The van der Waals surface area contributed by atoms with Gasteiger partial charge in [0.05, 0.1) is 11.3 Å². The molecule has 0 spiro atoms. The molecule has 1 amide bonds. The van der Waals surface area contributed by atoms with Crippen molar-refractivity contribution in [2.24, 2.45) is 5.92 Å². The standard InChI is InChI=1S/C19H21F3N2OS/c1-12-16(18(25)24(2)11-13-5-3-4-6-13)26-17(23-12)14-7-9-15(10-8-14)19(20,21)22/h7-10,13H,3-6,11H2,1-2H3. The number of rotatable bonds is 4. The summed E-state index contributed by atoms with van der Waals surface area (Å²) >= 11 is 1.24. The summed E-state index contributed by atoms with van der Waals surface area (Å²) in [6.07, 6.45) is 0.419. The van der Waals surface area contributed by atoms with Crippen LogP contribution < -0.4 is 0 Å². The highest BCUT2D eigenvalue weighted by atomic mass is 32.1. The maximum absolute atomic E-state index is 12.7. The summed E-state index contributed by atoms with van der Waals surface area (Å²) in [6, 6.07) is 4.88. The van der Waals surface area contributed by atoms with Crippen molar-refractivity contribution in [2.45, 2.75) is 38.8 Å². The Morgan fingerprint density at radius 1 is 1.23 bits per heavy atom. The van der Waals surface area contributed by atoms with Crippen molar-refractivity contribution < 1.29 is 18.0 Å². The van der Waals surface area contributed by atoms with Crippen LogP contribution in [0.1, 0.15) is 46.6 Å². The molecule has 140 valence electrons. The number of alkyl halides is 3. The van der Waals surface area contributed by atoms with Gasteiger partial charge in [-0.1, -0.05) is 25.0 Å². The Bertz CT molecular complexity index is 777. The van der Waals surface area contributed by atoms with Gasteiger partial charge in [0.25, 0.3) is 5.91 Å². The monoisotopic (exact) mass is 382 g/mol. The van der Waals surface area contributed by atoms with Crippen molar-refractivity contribution in [3.8, 4) is 10.6 Å². The molecule has 1 aromatic heterocycles. The lowest BCUT2D eigenvalue weighted by Gasteiger charge is -2.20. The van der Waals surface area contributed by atoms with Gasteiger partial charge in [-0.2, -0.15) is 13.2 Å². The largest absolute Gasteiger partial charge is 0.416 e. The van der Waals surface area contributed by atoms with Crippen molar-refractivity contribution in [2.75, 3.05) is 13.6 Å². The molecule has 1 heterocycles. The Hall–Kier alpha value is -1.89. The number of carbonyl (C=O) groups excluding carboxylic acids is 1. The number of aryl methyl sites for hydroxylation is 1. The molecule has 0 aliphatic heterocycles. The van der Waals surface area contributed by atoms with E-state index in [1.54, 1.807) is 18.9 Å². The second-order valence-electron chi connectivity index (χ2n) is 6.84. The lowest BCUT2D eigenvalue weighted by molar-refractivity contribution is -0.137. The van der Waals surface area contributed by atoms with Crippen LogP contribution in [0.4, 0.5) is 13.2 Å². The topological polar surface area (TPSA) is 33.2 Å². The summed E-state index contributed by atoms with van der Waals surface area (Å²) < 4.78 is 38.1. The molecular formula is C19H21F3N2OS. The molecule has 0 unspecified atom stereocenters. The summed E-state index contributed by atoms with van der Waals surface area (Å²) in [5.41, 5.74) is 0.513. The minimum absolute atomic E-state index is 0.0648. The van der Waals surface area contributed by atoms with Gasteiger partial charge in [0.1, 0.15) is 9.88 Å². The number of amides is 1. The first-order valence-electron chi connectivity index (χ1n) is 8.66. The van der Waals surface area contributed by atoms with E-state index in [1.807, 2.05) is 0 Å². The molecular weight excluding hydrogens is 361 g/mol. The number of hydrogen-bond acceptors (Lipinski definition) is 3. The Morgan fingerprint density at radius 2 is 1.85 bits per heavy atom. The lowest BCUT2D eigenvalue weighted by atomic mass is 10.1. The molecule has 0 atom stereocenters. The van der Waals surface area contributed by atoms with E-state index >= 15 is 0 Å². The Morgan fingerprint density at radius 3 is 2.42 bits per heavy atom. The maximum Gasteiger partial charge on any atom is 0.416 e. The van der Waals surface area contributed by atoms with Gasteiger partial charge in [-0.15, -0.1) is 11.3 Å². The maximum atomic E-state index is 12.7. The van der Waals surface area contributed by atoms with Gasteiger partial charge in [0.15, 0.2) is 0 Å². The molecule has 2 aromatic rings. The van der Waals surface area contributed by atoms with Gasteiger partial charge >= 0.3 is 6.18 Å². The average Bonchev–Trinajstić information content (AvgIpc) is 3.23. The second-order valence-corrected chi connectivity index (χ2v) is 7.84. The first-order chi connectivity index (χ1) is 12.3. The van der Waals surface area contributed by atoms with Crippen molar-refractivity contribution in [3.63, 3.8) is 0 Å². The van der Waals surface area contributed by atoms with Gasteiger partial charge in [-0.3, -0.25) is 4.79 Å². The number of aromatic nitrogens is 1. The summed E-state index contributed by atoms with van der Waals surface area (Å²) in [4.78, 5) is 19.4. The van der Waals surface area contributed by atoms with E-state index in [2.05, 4.69) is 4.98 Å². The van der Waals surface area contributed by atoms with E-state index in [9.17, 15) is 18.0 Å². The number of thiazole rings is 1. The zero-order chi connectivity index (χ0) is 18.9. The summed E-state index contributed by atoms with van der Waals surface area (Å²) in [6.45, 7) is 2.51. The van der Waals surface area contributed by atoms with Crippen LogP contribution in [0.3, 0.4) is 0 Å². The summed E-state index contributed by atoms with van der Waals surface area (Å²) in [5, 5.41) is 0.564. The predicted molar refractivity (Wildman–Crippen MR) is 96.2 cm³/mol. The van der Waals surface area contributed by atoms with Crippen molar-refractivity contribution in [3.05, 3.63) is 40.4 Å². The smallest absolute Gasteiger partial charge is 0.341 e. The number of halogens is 3. The normalized spacial score (nSPS) is 15.4. The molecule has 7 heteroatoms. The van der Waals surface area contributed by atoms with Crippen LogP contribution in [0.25, 0.3) is 10.6 Å². The summed E-state index contributed by atoms with van der Waals surface area (Å²) in [7, 11) is 1.80. The van der Waals surface area contributed by atoms with Crippen LogP contribution in [-0.4, -0.2) is 29.4 Å². The molecule has 0 bridgehead atoms. The lowest BCUT2D eigenvalue weighted by Crippen LogP contribution is -2.31. The number of benzene rings is 1. The fourth-order valence-electron chi connectivity index (χ4n) is 3.36. The van der Waals surface area contributed by atoms with Gasteiger partial charge < -0.3 is 4.90 Å². The van der Waals surface area contributed by atoms with Crippen molar-refractivity contribution in [1.29, 1.82) is 0 Å². The van der Waals surface area contributed by atoms with Crippen LogP contribution in [-0.2, 0) is 6.18 Å². The van der Waals surface area contributed by atoms with E-state index < -0.39 is 11.7 Å². The molecule has 0 radical (unpaired) electrons. The third-order valence-electron chi connectivity index (χ3n) is 4.80. The van der Waals surface area contributed by atoms with Crippen LogP contribution >= 0.6 is 11.3 Å². The molecule has 26 heavy (non-hydrogen) atoms. The minimum atomic E-state index is -4.36. The van der Waals surface area contributed by atoms with Gasteiger partial charge in [-0.25, -0.2) is 4.98 Å². The van der Waals surface area contributed by atoms with Crippen LogP contribution in [0.5, 0.6) is 0 Å². The van der Waals surface area contributed by atoms with Crippen molar-refractivity contribution >= 4 is 17.2 Å². The Kier molecular flexibility index (Phi) is 5.37. The second kappa shape index (κ2) is 7.39. The molecule has 1 saturated carbocycles. The van der Waals surface area contributed by atoms with Crippen LogP contribution in [0.15, 0.2) is 24.3 Å². The summed E-state index contributed by atoms with van der Waals surface area (Å²) in [5.74, 6) is 0.497. The van der Waals surface area contributed by atoms with E-state index in [0.29, 0.717) is 27.1 Å². The molecule has 0 saturated heterocycles. The highest BCUT2D eigenvalue weighted by molar-refractivity contribution is 7.17. The molecule has 3 nitrogen and oxygen atoms in total. The number of carbonyl (C=O) groups is 1. The third-order valence-corrected chi connectivity index (χ3v) is 6.00. The predicted octanol–water partition coefficient (Wildman–Crippen LogP) is 5.40. The average molecular weight is 382 g/mol. The molecule has 1 aromatic carbocycles. The molecule has 1 fully saturated rings. The molecule has 3 rings (SSSR count). The van der Waals surface area contributed by atoms with Gasteiger partial charge in [0, 0.05) is 19.2 Å². The zero-order valence-corrected chi connectivity index (χ0v) is 15.6. The Labute approximate surface area is 154 Å². The van der Waals surface area contributed by atoms with Crippen molar-refractivity contribution in [1.82, 2.24) is 9.88 Å². The number of nitrogens with zero attached hydrogens (tertiary/aromatic N) is 2. The minimum Gasteiger partial charge on any atom is -0.341 e. The van der Waals surface area contributed by atoms with E-state index in [-0.39, 0.29) is 5.91 Å². The fourth-order valence-corrected chi connectivity index (χ4v) is 4.42. The zero-order valence-electron chi connectivity index (χ0n) is 14.8. The van der Waals surface area contributed by atoms with Crippen LogP contribution in [0.2, 0.25) is 0 Å². The van der Waals surface area contributed by atoms with Gasteiger partial charge in [0.2, 0.25) is 0 Å².